The van der Waals surface area contributed by atoms with E-state index < -0.39 is 5.60 Å². The Hall–Kier alpha value is -3.18. The highest BCUT2D eigenvalue weighted by molar-refractivity contribution is 7.21. The number of hydrogen-bond donors (Lipinski definition) is 1. The molecule has 0 bridgehead atoms. The minimum absolute atomic E-state index is 0.0713. The van der Waals surface area contributed by atoms with Gasteiger partial charge in [-0.15, -0.1) is 11.3 Å². The zero-order valence-corrected chi connectivity index (χ0v) is 20.8. The van der Waals surface area contributed by atoms with Gasteiger partial charge in [0.1, 0.15) is 10.8 Å². The number of carbonyl (C=O) groups excluding carboxylic acids is 1. The molecule has 4 rings (SSSR count). The van der Waals surface area contributed by atoms with Crippen molar-refractivity contribution in [1.29, 1.82) is 0 Å². The Morgan fingerprint density at radius 2 is 1.58 bits per heavy atom. The zero-order chi connectivity index (χ0) is 23.8. The van der Waals surface area contributed by atoms with Crippen molar-refractivity contribution < 1.29 is 9.53 Å². The van der Waals surface area contributed by atoms with E-state index in [-0.39, 0.29) is 11.3 Å². The Bertz CT molecular complexity index is 1280. The summed E-state index contributed by atoms with van der Waals surface area (Å²) in [5.41, 5.74) is 4.26. The first-order valence-electron chi connectivity index (χ1n) is 11.1. The maximum absolute atomic E-state index is 12.9. The van der Waals surface area contributed by atoms with Crippen molar-refractivity contribution >= 4 is 33.1 Å². The van der Waals surface area contributed by atoms with Crippen molar-refractivity contribution in [3.05, 3.63) is 77.9 Å². The number of fused-ring (bicyclic) bond motifs is 1. The lowest BCUT2D eigenvalue weighted by Crippen LogP contribution is -2.42. The van der Waals surface area contributed by atoms with Crippen molar-refractivity contribution in [2.45, 2.75) is 52.6 Å². The van der Waals surface area contributed by atoms with Crippen LogP contribution in [0.5, 0.6) is 5.75 Å². The van der Waals surface area contributed by atoms with Gasteiger partial charge in [-0.3, -0.25) is 4.79 Å². The van der Waals surface area contributed by atoms with Gasteiger partial charge in [-0.05, 0) is 85.8 Å². The molecule has 0 aliphatic heterocycles. The predicted molar refractivity (Wildman–Crippen MR) is 138 cm³/mol. The smallest absolute Gasteiger partial charge is 0.267 e. The summed E-state index contributed by atoms with van der Waals surface area (Å²) in [6.45, 7) is 12.1. The first-order chi connectivity index (χ1) is 15.5. The molecule has 1 amide bonds. The van der Waals surface area contributed by atoms with Gasteiger partial charge in [-0.25, -0.2) is 4.98 Å². The van der Waals surface area contributed by atoms with Crippen molar-refractivity contribution in [3.63, 3.8) is 0 Å². The van der Waals surface area contributed by atoms with E-state index in [1.807, 2.05) is 48.5 Å². The van der Waals surface area contributed by atoms with Crippen LogP contribution in [-0.4, -0.2) is 16.5 Å². The van der Waals surface area contributed by atoms with E-state index in [9.17, 15) is 4.79 Å². The van der Waals surface area contributed by atoms with E-state index in [0.29, 0.717) is 5.75 Å². The molecule has 0 saturated carbocycles. The molecular weight excluding hydrogens is 428 g/mol. The highest BCUT2D eigenvalue weighted by Gasteiger charge is 2.30. The SMILES string of the molecule is Cc1ccc2nc(-c3ccc(NC(=O)C(C)(C)Oc4ccc(C(C)(C)C)cc4)cc3)sc2c1. The van der Waals surface area contributed by atoms with Crippen molar-refractivity contribution in [2.24, 2.45) is 0 Å². The van der Waals surface area contributed by atoms with Crippen LogP contribution in [0.3, 0.4) is 0 Å². The van der Waals surface area contributed by atoms with Gasteiger partial charge in [0.15, 0.2) is 5.60 Å². The first-order valence-corrected chi connectivity index (χ1v) is 11.9. The molecule has 1 heterocycles. The molecule has 0 radical (unpaired) electrons. The number of nitrogens with zero attached hydrogens (tertiary/aromatic N) is 1. The van der Waals surface area contributed by atoms with Crippen molar-refractivity contribution in [1.82, 2.24) is 4.98 Å². The molecule has 4 aromatic rings. The topological polar surface area (TPSA) is 51.2 Å². The van der Waals surface area contributed by atoms with Crippen LogP contribution in [0, 0.1) is 6.92 Å². The Morgan fingerprint density at radius 1 is 0.909 bits per heavy atom. The van der Waals surface area contributed by atoms with E-state index in [1.54, 1.807) is 25.2 Å². The second-order valence-electron chi connectivity index (χ2n) is 9.91. The minimum Gasteiger partial charge on any atom is -0.478 e. The molecule has 5 heteroatoms. The molecule has 170 valence electrons. The molecule has 3 aromatic carbocycles. The van der Waals surface area contributed by atoms with Crippen LogP contribution in [0.2, 0.25) is 0 Å². The average molecular weight is 459 g/mol. The third-order valence-corrected chi connectivity index (χ3v) is 6.64. The molecule has 4 nitrogen and oxygen atoms in total. The molecule has 0 aliphatic rings. The normalized spacial score (nSPS) is 12.1. The van der Waals surface area contributed by atoms with Gasteiger partial charge in [-0.2, -0.15) is 0 Å². The van der Waals surface area contributed by atoms with E-state index in [4.69, 9.17) is 9.72 Å². The third kappa shape index (κ3) is 5.25. The Morgan fingerprint density at radius 3 is 2.21 bits per heavy atom. The van der Waals surface area contributed by atoms with Crippen LogP contribution in [-0.2, 0) is 10.2 Å². The van der Waals surface area contributed by atoms with Crippen LogP contribution in [0.25, 0.3) is 20.8 Å². The summed E-state index contributed by atoms with van der Waals surface area (Å²) in [6, 6.07) is 22.0. The van der Waals surface area contributed by atoms with Crippen LogP contribution in [0.4, 0.5) is 5.69 Å². The Balaban J connectivity index is 1.43. The van der Waals surface area contributed by atoms with E-state index in [2.05, 4.69) is 51.2 Å². The van der Waals surface area contributed by atoms with Crippen molar-refractivity contribution in [2.75, 3.05) is 5.32 Å². The summed E-state index contributed by atoms with van der Waals surface area (Å²) >= 11 is 1.67. The fourth-order valence-corrected chi connectivity index (χ4v) is 4.57. The number of thiazole rings is 1. The molecule has 0 fully saturated rings. The number of aromatic nitrogens is 1. The Kier molecular flexibility index (Phi) is 6.02. The highest BCUT2D eigenvalue weighted by atomic mass is 32.1. The molecule has 1 N–H and O–H groups in total. The second kappa shape index (κ2) is 8.64. The fraction of sp³-hybridized carbons (Fsp3) is 0.286. The molecule has 0 atom stereocenters. The van der Waals surface area contributed by atoms with Crippen LogP contribution < -0.4 is 10.1 Å². The van der Waals surface area contributed by atoms with E-state index >= 15 is 0 Å². The standard InChI is InChI=1S/C28H30N2O2S/c1-18-7-16-23-24(17-18)33-25(30-23)19-8-12-21(13-9-19)29-26(31)28(5,6)32-22-14-10-20(11-15-22)27(2,3)4/h7-17H,1-6H3,(H,29,31). The van der Waals surface area contributed by atoms with Gasteiger partial charge in [0.2, 0.25) is 0 Å². The van der Waals surface area contributed by atoms with Gasteiger partial charge in [0.25, 0.3) is 5.91 Å². The number of ether oxygens (including phenoxy) is 1. The largest absolute Gasteiger partial charge is 0.478 e. The number of rotatable bonds is 5. The molecule has 0 saturated heterocycles. The monoisotopic (exact) mass is 458 g/mol. The number of amides is 1. The number of anilines is 1. The average Bonchev–Trinajstić information content (AvgIpc) is 3.17. The fourth-order valence-electron chi connectivity index (χ4n) is 3.50. The molecule has 1 aromatic heterocycles. The van der Waals surface area contributed by atoms with Crippen LogP contribution >= 0.6 is 11.3 Å². The van der Waals surface area contributed by atoms with Gasteiger partial charge in [0.05, 0.1) is 10.2 Å². The van der Waals surface area contributed by atoms with Crippen LogP contribution in [0.1, 0.15) is 45.7 Å². The number of benzene rings is 3. The summed E-state index contributed by atoms with van der Waals surface area (Å²) in [5.74, 6) is 0.468. The number of carbonyl (C=O) groups is 1. The molecular formula is C28H30N2O2S. The van der Waals surface area contributed by atoms with Gasteiger partial charge >= 0.3 is 0 Å². The lowest BCUT2D eigenvalue weighted by atomic mass is 9.87. The number of hydrogen-bond acceptors (Lipinski definition) is 4. The first kappa shape index (κ1) is 23.0. The molecule has 0 aliphatic carbocycles. The maximum Gasteiger partial charge on any atom is 0.267 e. The summed E-state index contributed by atoms with van der Waals surface area (Å²) in [4.78, 5) is 17.7. The van der Waals surface area contributed by atoms with Gasteiger partial charge < -0.3 is 10.1 Å². The predicted octanol–water partition coefficient (Wildman–Crippen LogP) is 7.37. The lowest BCUT2D eigenvalue weighted by Gasteiger charge is -2.26. The zero-order valence-electron chi connectivity index (χ0n) is 20.0. The quantitative estimate of drug-likeness (QED) is 0.340. The summed E-state index contributed by atoms with van der Waals surface area (Å²) in [7, 11) is 0. The number of nitrogens with one attached hydrogen (secondary N) is 1. The van der Waals surface area contributed by atoms with Gasteiger partial charge in [-0.1, -0.05) is 39.0 Å². The molecule has 0 spiro atoms. The Labute approximate surface area is 199 Å². The van der Waals surface area contributed by atoms with Gasteiger partial charge in [0, 0.05) is 11.3 Å². The van der Waals surface area contributed by atoms with Crippen molar-refractivity contribution in [3.8, 4) is 16.3 Å². The minimum atomic E-state index is -1.02. The molecule has 0 unspecified atom stereocenters. The highest BCUT2D eigenvalue weighted by Crippen LogP contribution is 2.31. The second-order valence-corrected chi connectivity index (χ2v) is 10.9. The van der Waals surface area contributed by atoms with Crippen LogP contribution in [0.15, 0.2) is 66.7 Å². The maximum atomic E-state index is 12.9. The lowest BCUT2D eigenvalue weighted by molar-refractivity contribution is -0.128. The third-order valence-electron chi connectivity index (χ3n) is 5.57. The van der Waals surface area contributed by atoms with E-state index in [0.717, 1.165) is 21.8 Å². The summed E-state index contributed by atoms with van der Waals surface area (Å²) < 4.78 is 7.20. The molecule has 33 heavy (non-hydrogen) atoms. The summed E-state index contributed by atoms with van der Waals surface area (Å²) in [6.07, 6.45) is 0. The van der Waals surface area contributed by atoms with E-state index in [1.165, 1.54) is 15.8 Å². The number of aryl methyl sites for hydroxylation is 1. The summed E-state index contributed by atoms with van der Waals surface area (Å²) in [5, 5.41) is 3.94.